The Morgan fingerprint density at radius 1 is 1.07 bits per heavy atom. The zero-order chi connectivity index (χ0) is 19.8. The third kappa shape index (κ3) is 3.43. The second kappa shape index (κ2) is 7.43. The molecule has 0 amide bonds. The first-order chi connectivity index (χ1) is 14.2. The van der Waals surface area contributed by atoms with Crippen LogP contribution in [0.1, 0.15) is 50.8 Å². The molecule has 5 rings (SSSR count). The van der Waals surface area contributed by atoms with E-state index in [0.717, 1.165) is 47.7 Å². The van der Waals surface area contributed by atoms with Gasteiger partial charge in [0.1, 0.15) is 11.6 Å². The molecule has 0 saturated heterocycles. The number of halogens is 1. The first kappa shape index (κ1) is 18.0. The highest BCUT2D eigenvalue weighted by atomic mass is 19.1. The zero-order valence-electron chi connectivity index (χ0n) is 16.5. The van der Waals surface area contributed by atoms with Gasteiger partial charge in [0.15, 0.2) is 0 Å². The summed E-state index contributed by atoms with van der Waals surface area (Å²) in [5.41, 5.74) is 3.44. The summed E-state index contributed by atoms with van der Waals surface area (Å²) >= 11 is 0. The Morgan fingerprint density at radius 3 is 2.66 bits per heavy atom. The quantitative estimate of drug-likeness (QED) is 0.642. The van der Waals surface area contributed by atoms with E-state index in [1.807, 2.05) is 6.07 Å². The monoisotopic (exact) mass is 389 g/mol. The van der Waals surface area contributed by atoms with Gasteiger partial charge >= 0.3 is 0 Å². The van der Waals surface area contributed by atoms with Crippen LogP contribution in [-0.4, -0.2) is 25.6 Å². The van der Waals surface area contributed by atoms with Gasteiger partial charge in [0.2, 0.25) is 5.95 Å². The average Bonchev–Trinajstić information content (AvgIpc) is 3.37. The maximum absolute atomic E-state index is 13.5. The number of hydrogen-bond donors (Lipinski definition) is 1. The van der Waals surface area contributed by atoms with Crippen molar-refractivity contribution in [3.63, 3.8) is 0 Å². The fourth-order valence-electron chi connectivity index (χ4n) is 4.29. The molecule has 2 aliphatic rings. The van der Waals surface area contributed by atoms with Crippen LogP contribution in [0.25, 0.3) is 28.8 Å². The van der Waals surface area contributed by atoms with Gasteiger partial charge in [-0.25, -0.2) is 19.3 Å². The number of anilines is 1. The van der Waals surface area contributed by atoms with E-state index in [9.17, 15) is 4.39 Å². The van der Waals surface area contributed by atoms with Gasteiger partial charge in [-0.3, -0.25) is 0 Å². The van der Waals surface area contributed by atoms with Crippen molar-refractivity contribution in [3.05, 3.63) is 54.2 Å². The molecule has 2 aromatic heterocycles. The molecule has 148 valence electrons. The number of aromatic nitrogens is 4. The average molecular weight is 389 g/mol. The highest BCUT2D eigenvalue weighted by molar-refractivity contribution is 5.79. The number of allylic oxidation sites excluding steroid dienone is 1. The van der Waals surface area contributed by atoms with E-state index in [1.54, 1.807) is 18.3 Å². The summed E-state index contributed by atoms with van der Waals surface area (Å²) < 4.78 is 15.6. The van der Waals surface area contributed by atoms with E-state index in [4.69, 9.17) is 9.97 Å². The molecule has 1 fully saturated rings. The van der Waals surface area contributed by atoms with Crippen molar-refractivity contribution in [3.8, 4) is 22.6 Å². The molecule has 5 nitrogen and oxygen atoms in total. The Kier molecular flexibility index (Phi) is 4.62. The van der Waals surface area contributed by atoms with Crippen molar-refractivity contribution in [1.29, 1.82) is 0 Å². The molecule has 1 saturated carbocycles. The summed E-state index contributed by atoms with van der Waals surface area (Å²) in [5.74, 6) is 1.72. The molecule has 0 bridgehead atoms. The van der Waals surface area contributed by atoms with Gasteiger partial charge in [-0.15, -0.1) is 0 Å². The van der Waals surface area contributed by atoms with Crippen molar-refractivity contribution >= 4 is 12.1 Å². The van der Waals surface area contributed by atoms with Gasteiger partial charge in [0.25, 0.3) is 0 Å². The van der Waals surface area contributed by atoms with Gasteiger partial charge in [-0.2, -0.15) is 0 Å². The summed E-state index contributed by atoms with van der Waals surface area (Å²) in [5, 5.41) is 3.48. The van der Waals surface area contributed by atoms with Crippen molar-refractivity contribution in [1.82, 2.24) is 19.5 Å². The summed E-state index contributed by atoms with van der Waals surface area (Å²) in [4.78, 5) is 14.2. The van der Waals surface area contributed by atoms with E-state index >= 15 is 0 Å². The number of benzene rings is 1. The fourth-order valence-corrected chi connectivity index (χ4v) is 4.29. The third-order valence-electron chi connectivity index (χ3n) is 5.83. The molecule has 6 heteroatoms. The summed E-state index contributed by atoms with van der Waals surface area (Å²) in [7, 11) is 0. The molecule has 0 radical (unpaired) electrons. The van der Waals surface area contributed by atoms with Crippen LogP contribution in [0.2, 0.25) is 0 Å². The van der Waals surface area contributed by atoms with E-state index in [-0.39, 0.29) is 5.82 Å². The molecule has 1 aromatic carbocycles. The van der Waals surface area contributed by atoms with Crippen LogP contribution in [-0.2, 0) is 0 Å². The molecular formula is C23H24FN5. The number of rotatable bonds is 4. The van der Waals surface area contributed by atoms with Crippen LogP contribution in [0.5, 0.6) is 0 Å². The van der Waals surface area contributed by atoms with Gasteiger partial charge in [-0.1, -0.05) is 25.8 Å². The molecular weight excluding hydrogens is 365 g/mol. The molecule has 1 atom stereocenters. The Labute approximate surface area is 169 Å². The molecule has 3 heterocycles. The van der Waals surface area contributed by atoms with Crippen molar-refractivity contribution in [2.24, 2.45) is 0 Å². The predicted octanol–water partition coefficient (Wildman–Crippen LogP) is 5.48. The van der Waals surface area contributed by atoms with Crippen molar-refractivity contribution in [2.45, 2.75) is 51.0 Å². The molecule has 29 heavy (non-hydrogen) atoms. The minimum Gasteiger partial charge on any atom is -0.351 e. The fraction of sp³-hybridized carbons (Fsp3) is 0.348. The minimum absolute atomic E-state index is 0.252. The summed E-state index contributed by atoms with van der Waals surface area (Å²) in [6.07, 6.45) is 11.8. The van der Waals surface area contributed by atoms with Gasteiger partial charge in [0.05, 0.1) is 17.1 Å². The maximum atomic E-state index is 13.5. The standard InChI is InChI=1S/C23H24FN5/c1-15-5-4-14-29-21(20(28-22(15)29)16-8-10-17(24)11-9-16)19-12-13-25-23(27-19)26-18-6-2-3-7-18/h4,8-15,18H,2-3,5-7H2,1H3,(H,25,26,27). The number of nitrogens with one attached hydrogen (secondary N) is 1. The lowest BCUT2D eigenvalue weighted by Crippen LogP contribution is -2.16. The van der Waals surface area contributed by atoms with Crippen LogP contribution >= 0.6 is 0 Å². The van der Waals surface area contributed by atoms with Crippen LogP contribution in [0.3, 0.4) is 0 Å². The van der Waals surface area contributed by atoms with E-state index in [0.29, 0.717) is 17.9 Å². The number of fused-ring (bicyclic) bond motifs is 1. The SMILES string of the molecule is CC1CC=Cn2c1nc(-c1ccc(F)cc1)c2-c1ccnc(NC2CCCC2)n1. The lowest BCUT2D eigenvalue weighted by atomic mass is 10.1. The normalized spacial score (nSPS) is 18.8. The smallest absolute Gasteiger partial charge is 0.223 e. The first-order valence-electron chi connectivity index (χ1n) is 10.3. The highest BCUT2D eigenvalue weighted by Crippen LogP contribution is 2.37. The van der Waals surface area contributed by atoms with E-state index in [2.05, 4.69) is 34.1 Å². The maximum Gasteiger partial charge on any atom is 0.223 e. The van der Waals surface area contributed by atoms with Crippen molar-refractivity contribution < 1.29 is 4.39 Å². The zero-order valence-corrected chi connectivity index (χ0v) is 16.5. The lowest BCUT2D eigenvalue weighted by Gasteiger charge is -2.17. The van der Waals surface area contributed by atoms with Crippen LogP contribution in [0, 0.1) is 5.82 Å². The summed E-state index contributed by atoms with van der Waals surface area (Å²) in [6.45, 7) is 2.17. The van der Waals surface area contributed by atoms with Crippen LogP contribution in [0.15, 0.2) is 42.6 Å². The van der Waals surface area contributed by atoms with E-state index in [1.165, 1.54) is 25.0 Å². The van der Waals surface area contributed by atoms with Gasteiger partial charge in [-0.05, 0) is 49.6 Å². The van der Waals surface area contributed by atoms with E-state index < -0.39 is 0 Å². The molecule has 1 N–H and O–H groups in total. The molecule has 3 aromatic rings. The minimum atomic E-state index is -0.252. The predicted molar refractivity (Wildman–Crippen MR) is 113 cm³/mol. The second-order valence-electron chi connectivity index (χ2n) is 7.96. The molecule has 1 aliphatic carbocycles. The van der Waals surface area contributed by atoms with Gasteiger partial charge in [0, 0.05) is 29.9 Å². The van der Waals surface area contributed by atoms with Crippen LogP contribution < -0.4 is 5.32 Å². The number of imidazole rings is 1. The first-order valence-corrected chi connectivity index (χ1v) is 10.3. The highest BCUT2D eigenvalue weighted by Gasteiger charge is 2.25. The Balaban J connectivity index is 1.62. The Morgan fingerprint density at radius 2 is 1.86 bits per heavy atom. The Bertz CT molecular complexity index is 1050. The van der Waals surface area contributed by atoms with Crippen LogP contribution in [0.4, 0.5) is 10.3 Å². The molecule has 1 aliphatic heterocycles. The molecule has 0 spiro atoms. The number of hydrogen-bond acceptors (Lipinski definition) is 4. The lowest BCUT2D eigenvalue weighted by molar-refractivity contribution is 0.628. The summed E-state index contributed by atoms with van der Waals surface area (Å²) in [6, 6.07) is 8.87. The van der Waals surface area contributed by atoms with Gasteiger partial charge < -0.3 is 9.88 Å². The largest absolute Gasteiger partial charge is 0.351 e. The third-order valence-corrected chi connectivity index (χ3v) is 5.83. The number of nitrogens with zero attached hydrogens (tertiary/aromatic N) is 4. The van der Waals surface area contributed by atoms with Crippen molar-refractivity contribution in [2.75, 3.05) is 5.32 Å². The molecule has 1 unspecified atom stereocenters. The Hall–Kier alpha value is -3.02. The topological polar surface area (TPSA) is 55.6 Å². The second-order valence-corrected chi connectivity index (χ2v) is 7.96.